The van der Waals surface area contributed by atoms with Gasteiger partial charge in [0.25, 0.3) is 0 Å². The van der Waals surface area contributed by atoms with Crippen molar-refractivity contribution in [2.75, 3.05) is 11.9 Å². The van der Waals surface area contributed by atoms with Crippen molar-refractivity contribution >= 4 is 5.69 Å². The van der Waals surface area contributed by atoms with Crippen molar-refractivity contribution in [1.82, 2.24) is 0 Å². The molecule has 0 unspecified atom stereocenters. The molecular formula is C13H21N. The lowest BCUT2D eigenvalue weighted by molar-refractivity contribution is 0.911. The van der Waals surface area contributed by atoms with E-state index in [1.54, 1.807) is 0 Å². The van der Waals surface area contributed by atoms with Gasteiger partial charge in [-0.05, 0) is 31.4 Å². The summed E-state index contributed by atoms with van der Waals surface area (Å²) in [5.41, 5.74) is 4.13. The predicted molar refractivity (Wildman–Crippen MR) is 64.0 cm³/mol. The first-order valence-electron chi connectivity index (χ1n) is 5.61. The largest absolute Gasteiger partial charge is 0.385 e. The van der Waals surface area contributed by atoms with Crippen LogP contribution in [-0.2, 0) is 6.42 Å². The normalized spacial score (nSPS) is 10.2. The highest BCUT2D eigenvalue weighted by Gasteiger charge is 2.00. The van der Waals surface area contributed by atoms with Crippen molar-refractivity contribution in [2.24, 2.45) is 0 Å². The quantitative estimate of drug-likeness (QED) is 0.747. The molecule has 0 saturated carbocycles. The molecule has 0 amide bonds. The number of hydrogen-bond donors (Lipinski definition) is 1. The Morgan fingerprint density at radius 3 is 2.57 bits per heavy atom. The molecule has 1 aromatic carbocycles. The van der Waals surface area contributed by atoms with Gasteiger partial charge in [0.1, 0.15) is 0 Å². The Hall–Kier alpha value is -0.980. The Labute approximate surface area is 87.5 Å². The molecule has 0 aliphatic carbocycles. The summed E-state index contributed by atoms with van der Waals surface area (Å²) in [7, 11) is 0. The lowest BCUT2D eigenvalue weighted by Gasteiger charge is -2.11. The van der Waals surface area contributed by atoms with E-state index in [2.05, 4.69) is 44.3 Å². The smallest absolute Gasteiger partial charge is 0.0372 e. The molecule has 1 heteroatoms. The number of benzene rings is 1. The molecule has 1 rings (SSSR count). The molecule has 0 aliphatic heterocycles. The molecule has 0 atom stereocenters. The van der Waals surface area contributed by atoms with E-state index in [-0.39, 0.29) is 0 Å². The number of anilines is 1. The van der Waals surface area contributed by atoms with Crippen LogP contribution in [0.3, 0.4) is 0 Å². The van der Waals surface area contributed by atoms with Crippen molar-refractivity contribution in [2.45, 2.75) is 40.0 Å². The SMILES string of the molecule is CCCNc1ccc(C)cc1CCC. The van der Waals surface area contributed by atoms with Gasteiger partial charge in [-0.15, -0.1) is 0 Å². The molecule has 0 fully saturated rings. The molecule has 1 aromatic rings. The summed E-state index contributed by atoms with van der Waals surface area (Å²) in [4.78, 5) is 0. The first-order valence-corrected chi connectivity index (χ1v) is 5.61. The Morgan fingerprint density at radius 2 is 1.93 bits per heavy atom. The molecule has 0 radical (unpaired) electrons. The highest BCUT2D eigenvalue weighted by molar-refractivity contribution is 5.52. The number of rotatable bonds is 5. The summed E-state index contributed by atoms with van der Waals surface area (Å²) in [5, 5.41) is 3.47. The van der Waals surface area contributed by atoms with Gasteiger partial charge in [0.15, 0.2) is 0 Å². The van der Waals surface area contributed by atoms with Crippen LogP contribution < -0.4 is 5.32 Å². The van der Waals surface area contributed by atoms with E-state index in [4.69, 9.17) is 0 Å². The Bertz CT molecular complexity index is 279. The minimum Gasteiger partial charge on any atom is -0.385 e. The van der Waals surface area contributed by atoms with Gasteiger partial charge in [-0.25, -0.2) is 0 Å². The monoisotopic (exact) mass is 191 g/mol. The number of aryl methyl sites for hydroxylation is 2. The van der Waals surface area contributed by atoms with Crippen molar-refractivity contribution < 1.29 is 0 Å². The third kappa shape index (κ3) is 3.06. The van der Waals surface area contributed by atoms with Crippen LogP contribution in [0.15, 0.2) is 18.2 Å². The van der Waals surface area contributed by atoms with Gasteiger partial charge in [-0.3, -0.25) is 0 Å². The molecule has 1 N–H and O–H groups in total. The highest BCUT2D eigenvalue weighted by Crippen LogP contribution is 2.18. The van der Waals surface area contributed by atoms with Gasteiger partial charge in [-0.1, -0.05) is 38.0 Å². The van der Waals surface area contributed by atoms with Gasteiger partial charge in [0, 0.05) is 12.2 Å². The van der Waals surface area contributed by atoms with E-state index in [9.17, 15) is 0 Å². The molecular weight excluding hydrogens is 170 g/mol. The first-order chi connectivity index (χ1) is 6.77. The molecule has 78 valence electrons. The zero-order chi connectivity index (χ0) is 10.4. The number of nitrogens with one attached hydrogen (secondary N) is 1. The van der Waals surface area contributed by atoms with E-state index < -0.39 is 0 Å². The van der Waals surface area contributed by atoms with Crippen LogP contribution in [-0.4, -0.2) is 6.54 Å². The van der Waals surface area contributed by atoms with Crippen LogP contribution >= 0.6 is 0 Å². The molecule has 0 bridgehead atoms. The fourth-order valence-electron chi connectivity index (χ4n) is 1.63. The molecule has 0 aliphatic rings. The molecule has 14 heavy (non-hydrogen) atoms. The summed E-state index contributed by atoms with van der Waals surface area (Å²) in [6.07, 6.45) is 3.57. The Balaban J connectivity index is 2.78. The maximum absolute atomic E-state index is 3.47. The van der Waals surface area contributed by atoms with E-state index >= 15 is 0 Å². The fourth-order valence-corrected chi connectivity index (χ4v) is 1.63. The van der Waals surface area contributed by atoms with Crippen molar-refractivity contribution in [3.8, 4) is 0 Å². The summed E-state index contributed by atoms with van der Waals surface area (Å²) in [5.74, 6) is 0. The minimum atomic E-state index is 1.07. The van der Waals surface area contributed by atoms with Gasteiger partial charge in [-0.2, -0.15) is 0 Å². The second-order valence-corrected chi connectivity index (χ2v) is 3.84. The van der Waals surface area contributed by atoms with Crippen molar-refractivity contribution in [3.63, 3.8) is 0 Å². The summed E-state index contributed by atoms with van der Waals surface area (Å²) in [6.45, 7) is 7.65. The van der Waals surface area contributed by atoms with Crippen LogP contribution in [0.4, 0.5) is 5.69 Å². The standard InChI is InChI=1S/C13H21N/c1-4-6-12-10-11(3)7-8-13(12)14-9-5-2/h7-8,10,14H,4-6,9H2,1-3H3. The summed E-state index contributed by atoms with van der Waals surface area (Å²) >= 11 is 0. The Kier molecular flexibility index (Phi) is 4.51. The second kappa shape index (κ2) is 5.69. The molecule has 0 spiro atoms. The molecule has 0 saturated heterocycles. The van der Waals surface area contributed by atoms with Gasteiger partial charge in [0.2, 0.25) is 0 Å². The van der Waals surface area contributed by atoms with Gasteiger partial charge < -0.3 is 5.32 Å². The van der Waals surface area contributed by atoms with Crippen LogP contribution in [0.5, 0.6) is 0 Å². The molecule has 0 heterocycles. The van der Waals surface area contributed by atoms with Crippen molar-refractivity contribution in [3.05, 3.63) is 29.3 Å². The van der Waals surface area contributed by atoms with Crippen molar-refractivity contribution in [1.29, 1.82) is 0 Å². The number of hydrogen-bond acceptors (Lipinski definition) is 1. The highest BCUT2D eigenvalue weighted by atomic mass is 14.9. The van der Waals surface area contributed by atoms with Crippen LogP contribution in [0, 0.1) is 6.92 Å². The lowest BCUT2D eigenvalue weighted by atomic mass is 10.0. The topological polar surface area (TPSA) is 12.0 Å². The minimum absolute atomic E-state index is 1.07. The average Bonchev–Trinajstić information content (AvgIpc) is 2.17. The lowest BCUT2D eigenvalue weighted by Crippen LogP contribution is -2.03. The van der Waals surface area contributed by atoms with Gasteiger partial charge in [0.05, 0.1) is 0 Å². The average molecular weight is 191 g/mol. The van der Waals surface area contributed by atoms with E-state index in [0.717, 1.165) is 6.54 Å². The van der Waals surface area contributed by atoms with Crippen LogP contribution in [0.2, 0.25) is 0 Å². The summed E-state index contributed by atoms with van der Waals surface area (Å²) < 4.78 is 0. The van der Waals surface area contributed by atoms with E-state index in [0.29, 0.717) is 0 Å². The fraction of sp³-hybridized carbons (Fsp3) is 0.538. The van der Waals surface area contributed by atoms with Crippen LogP contribution in [0.1, 0.15) is 37.8 Å². The molecule has 0 aromatic heterocycles. The van der Waals surface area contributed by atoms with E-state index in [1.165, 1.54) is 36.1 Å². The second-order valence-electron chi connectivity index (χ2n) is 3.84. The zero-order valence-corrected chi connectivity index (χ0v) is 9.56. The predicted octanol–water partition coefficient (Wildman–Crippen LogP) is 3.77. The zero-order valence-electron chi connectivity index (χ0n) is 9.56. The molecule has 1 nitrogen and oxygen atoms in total. The summed E-state index contributed by atoms with van der Waals surface area (Å²) in [6, 6.07) is 6.68. The maximum Gasteiger partial charge on any atom is 0.0372 e. The third-order valence-electron chi connectivity index (χ3n) is 2.35. The third-order valence-corrected chi connectivity index (χ3v) is 2.35. The van der Waals surface area contributed by atoms with E-state index in [1.807, 2.05) is 0 Å². The first kappa shape index (κ1) is 11.1. The van der Waals surface area contributed by atoms with Crippen LogP contribution in [0.25, 0.3) is 0 Å². The Morgan fingerprint density at radius 1 is 1.14 bits per heavy atom. The maximum atomic E-state index is 3.47. The van der Waals surface area contributed by atoms with Gasteiger partial charge >= 0.3 is 0 Å².